The monoisotopic (exact) mass is 495 g/mol. The Hall–Kier alpha value is -3.91. The summed E-state index contributed by atoms with van der Waals surface area (Å²) < 4.78 is 2.00. The van der Waals surface area contributed by atoms with Crippen LogP contribution >= 0.6 is 0 Å². The molecule has 5 heterocycles. The SMILES string of the molecule is CN(C)Cc1cc(Nc2ncc(-c3ccnc4c3ccn4C)c3c2C(=O)NC3)ccc1N1CCCCC1. The average Bonchev–Trinajstić information content (AvgIpc) is 3.48. The van der Waals surface area contributed by atoms with Gasteiger partial charge in [-0.3, -0.25) is 4.79 Å². The number of hydrogen-bond acceptors (Lipinski definition) is 6. The molecule has 0 saturated carbocycles. The van der Waals surface area contributed by atoms with Crippen molar-refractivity contribution in [2.75, 3.05) is 37.4 Å². The summed E-state index contributed by atoms with van der Waals surface area (Å²) >= 11 is 0. The van der Waals surface area contributed by atoms with Crippen LogP contribution in [0.15, 0.2) is 48.9 Å². The highest BCUT2D eigenvalue weighted by atomic mass is 16.1. The smallest absolute Gasteiger partial charge is 0.255 e. The van der Waals surface area contributed by atoms with Crippen LogP contribution in [0.5, 0.6) is 0 Å². The van der Waals surface area contributed by atoms with Crippen LogP contribution in [0.1, 0.15) is 40.7 Å². The molecule has 2 aliphatic heterocycles. The van der Waals surface area contributed by atoms with Crippen molar-refractivity contribution < 1.29 is 4.79 Å². The maximum Gasteiger partial charge on any atom is 0.255 e. The Labute approximate surface area is 217 Å². The first kappa shape index (κ1) is 23.5. The summed E-state index contributed by atoms with van der Waals surface area (Å²) in [5, 5.41) is 7.54. The molecule has 0 radical (unpaired) electrons. The molecule has 0 spiro atoms. The van der Waals surface area contributed by atoms with Gasteiger partial charge in [-0.25, -0.2) is 9.97 Å². The number of rotatable bonds is 6. The van der Waals surface area contributed by atoms with E-state index in [0.29, 0.717) is 17.9 Å². The van der Waals surface area contributed by atoms with Gasteiger partial charge in [-0.05, 0) is 80.4 Å². The van der Waals surface area contributed by atoms with Crippen LogP contribution in [-0.4, -0.2) is 52.5 Å². The largest absolute Gasteiger partial charge is 0.371 e. The molecule has 190 valence electrons. The van der Waals surface area contributed by atoms with Crippen LogP contribution in [0.4, 0.5) is 17.2 Å². The summed E-state index contributed by atoms with van der Waals surface area (Å²) in [6, 6.07) is 10.6. The fourth-order valence-electron chi connectivity index (χ4n) is 5.67. The number of fused-ring (bicyclic) bond motifs is 2. The molecule has 0 aliphatic carbocycles. The van der Waals surface area contributed by atoms with E-state index in [1.165, 1.54) is 30.5 Å². The number of benzene rings is 1. The number of nitrogens with one attached hydrogen (secondary N) is 2. The number of aryl methyl sites for hydroxylation is 1. The second-order valence-electron chi connectivity index (χ2n) is 10.3. The summed E-state index contributed by atoms with van der Waals surface area (Å²) in [4.78, 5) is 27.0. The third-order valence-corrected chi connectivity index (χ3v) is 7.42. The van der Waals surface area contributed by atoms with Gasteiger partial charge in [-0.15, -0.1) is 0 Å². The minimum absolute atomic E-state index is 0.0938. The van der Waals surface area contributed by atoms with Gasteiger partial charge in [0, 0.05) is 74.1 Å². The van der Waals surface area contributed by atoms with E-state index in [-0.39, 0.29) is 5.91 Å². The van der Waals surface area contributed by atoms with Crippen LogP contribution < -0.4 is 15.5 Å². The van der Waals surface area contributed by atoms with E-state index in [1.807, 2.05) is 36.3 Å². The van der Waals surface area contributed by atoms with Crippen LogP contribution in [0.2, 0.25) is 0 Å². The highest BCUT2D eigenvalue weighted by Crippen LogP contribution is 2.37. The molecule has 1 fully saturated rings. The summed E-state index contributed by atoms with van der Waals surface area (Å²) in [7, 11) is 6.18. The fraction of sp³-hybridized carbons (Fsp3) is 0.345. The maximum absolute atomic E-state index is 13.0. The molecule has 1 aromatic carbocycles. The van der Waals surface area contributed by atoms with Gasteiger partial charge in [0.15, 0.2) is 0 Å². The average molecular weight is 496 g/mol. The van der Waals surface area contributed by atoms with Crippen molar-refractivity contribution in [1.82, 2.24) is 24.8 Å². The lowest BCUT2D eigenvalue weighted by molar-refractivity contribution is 0.0966. The molecule has 37 heavy (non-hydrogen) atoms. The second-order valence-corrected chi connectivity index (χ2v) is 10.3. The summed E-state index contributed by atoms with van der Waals surface area (Å²) in [6.07, 6.45) is 9.50. The summed E-state index contributed by atoms with van der Waals surface area (Å²) in [5.74, 6) is 0.498. The number of anilines is 3. The number of piperidine rings is 1. The minimum Gasteiger partial charge on any atom is -0.371 e. The Kier molecular flexibility index (Phi) is 6.04. The predicted molar refractivity (Wildman–Crippen MR) is 148 cm³/mol. The molecule has 0 bridgehead atoms. The van der Waals surface area contributed by atoms with Crippen LogP contribution in [0.25, 0.3) is 22.2 Å². The number of hydrogen-bond donors (Lipinski definition) is 2. The number of amides is 1. The molecule has 1 saturated heterocycles. The van der Waals surface area contributed by atoms with Gasteiger partial charge in [0.1, 0.15) is 11.5 Å². The molecule has 0 atom stereocenters. The number of nitrogens with zero attached hydrogens (tertiary/aromatic N) is 5. The van der Waals surface area contributed by atoms with E-state index in [0.717, 1.165) is 53.0 Å². The number of carbonyl (C=O) groups is 1. The molecule has 1 amide bonds. The molecule has 4 aromatic rings. The van der Waals surface area contributed by atoms with Gasteiger partial charge >= 0.3 is 0 Å². The highest BCUT2D eigenvalue weighted by molar-refractivity contribution is 6.06. The Balaban J connectivity index is 1.38. The van der Waals surface area contributed by atoms with Gasteiger partial charge in [0.2, 0.25) is 0 Å². The summed E-state index contributed by atoms with van der Waals surface area (Å²) in [6.45, 7) is 3.54. The first-order valence-corrected chi connectivity index (χ1v) is 13.0. The lowest BCUT2D eigenvalue weighted by Gasteiger charge is -2.31. The van der Waals surface area contributed by atoms with E-state index >= 15 is 0 Å². The van der Waals surface area contributed by atoms with Gasteiger partial charge in [-0.1, -0.05) is 0 Å². The zero-order valence-electron chi connectivity index (χ0n) is 21.7. The number of carbonyl (C=O) groups excluding carboxylic acids is 1. The van der Waals surface area contributed by atoms with Crippen LogP contribution in [-0.2, 0) is 20.1 Å². The van der Waals surface area contributed by atoms with E-state index in [9.17, 15) is 4.79 Å². The molecule has 8 nitrogen and oxygen atoms in total. The topological polar surface area (TPSA) is 78.3 Å². The first-order chi connectivity index (χ1) is 18.0. The van der Waals surface area contributed by atoms with Crippen molar-refractivity contribution in [3.63, 3.8) is 0 Å². The second kappa shape index (κ2) is 9.52. The van der Waals surface area contributed by atoms with Crippen molar-refractivity contribution >= 4 is 34.1 Å². The normalized spacial score (nSPS) is 15.4. The van der Waals surface area contributed by atoms with E-state index in [2.05, 4.69) is 63.8 Å². The lowest BCUT2D eigenvalue weighted by atomic mass is 9.97. The molecular formula is C29H33N7O. The van der Waals surface area contributed by atoms with Crippen molar-refractivity contribution in [2.45, 2.75) is 32.4 Å². The van der Waals surface area contributed by atoms with Gasteiger partial charge in [-0.2, -0.15) is 0 Å². The van der Waals surface area contributed by atoms with E-state index in [4.69, 9.17) is 4.98 Å². The Morgan fingerprint density at radius 2 is 1.89 bits per heavy atom. The minimum atomic E-state index is -0.0938. The zero-order chi connectivity index (χ0) is 25.5. The molecule has 2 N–H and O–H groups in total. The molecule has 6 rings (SSSR count). The third kappa shape index (κ3) is 4.31. The van der Waals surface area contributed by atoms with Crippen molar-refractivity contribution in [2.24, 2.45) is 7.05 Å². The zero-order valence-corrected chi connectivity index (χ0v) is 21.7. The number of aromatic nitrogens is 3. The lowest BCUT2D eigenvalue weighted by Crippen LogP contribution is -2.30. The van der Waals surface area contributed by atoms with Crippen molar-refractivity contribution in [3.05, 3.63) is 65.6 Å². The quantitative estimate of drug-likeness (QED) is 0.405. The molecule has 2 aliphatic rings. The van der Waals surface area contributed by atoms with Gasteiger partial charge in [0.05, 0.1) is 5.56 Å². The standard InChI is InChI=1S/C29H33N7O/c1-34(2)18-19-15-20(7-8-25(19)36-12-5-4-6-13-36)33-27-26-24(17-32-29(26)37)23(16-31-27)21-9-11-30-28-22(21)10-14-35(28)3/h7-11,14-16H,4-6,12-13,17-18H2,1-3H3,(H,31,33)(H,32,37). The predicted octanol–water partition coefficient (Wildman–Crippen LogP) is 4.67. The summed E-state index contributed by atoms with van der Waals surface area (Å²) in [5.41, 5.74) is 8.02. The maximum atomic E-state index is 13.0. The fourth-order valence-corrected chi connectivity index (χ4v) is 5.67. The van der Waals surface area contributed by atoms with E-state index in [1.54, 1.807) is 0 Å². The molecule has 0 unspecified atom stereocenters. The van der Waals surface area contributed by atoms with Crippen LogP contribution in [0.3, 0.4) is 0 Å². The Morgan fingerprint density at radius 1 is 1.05 bits per heavy atom. The van der Waals surface area contributed by atoms with Gasteiger partial charge < -0.3 is 25.0 Å². The Morgan fingerprint density at radius 3 is 2.70 bits per heavy atom. The third-order valence-electron chi connectivity index (χ3n) is 7.42. The molecule has 3 aromatic heterocycles. The van der Waals surface area contributed by atoms with Gasteiger partial charge in [0.25, 0.3) is 5.91 Å². The molecule has 8 heteroatoms. The van der Waals surface area contributed by atoms with Crippen LogP contribution in [0, 0.1) is 0 Å². The van der Waals surface area contributed by atoms with E-state index < -0.39 is 0 Å². The van der Waals surface area contributed by atoms with Crippen molar-refractivity contribution in [3.8, 4) is 11.1 Å². The highest BCUT2D eigenvalue weighted by Gasteiger charge is 2.28. The first-order valence-electron chi connectivity index (χ1n) is 13.0. The Bertz CT molecular complexity index is 1480. The molecular weight excluding hydrogens is 462 g/mol. The number of pyridine rings is 2. The van der Waals surface area contributed by atoms with Crippen molar-refractivity contribution in [1.29, 1.82) is 0 Å².